The Bertz CT molecular complexity index is 835. The van der Waals surface area contributed by atoms with Gasteiger partial charge in [0.25, 0.3) is 5.91 Å². The quantitative estimate of drug-likeness (QED) is 0.687. The third-order valence-corrected chi connectivity index (χ3v) is 4.59. The van der Waals surface area contributed by atoms with Gasteiger partial charge in [-0.2, -0.15) is 0 Å². The van der Waals surface area contributed by atoms with Gasteiger partial charge in [0.1, 0.15) is 11.4 Å². The molecule has 2 aromatic rings. The van der Waals surface area contributed by atoms with E-state index in [2.05, 4.69) is 31.5 Å². The van der Waals surface area contributed by atoms with Crippen LogP contribution in [0.5, 0.6) is 5.75 Å². The van der Waals surface area contributed by atoms with Crippen LogP contribution in [0.25, 0.3) is 0 Å². The first-order valence-corrected chi connectivity index (χ1v) is 9.01. The number of amides is 2. The lowest BCUT2D eigenvalue weighted by Crippen LogP contribution is -2.16. The topological polar surface area (TPSA) is 97.4 Å². The fourth-order valence-corrected chi connectivity index (χ4v) is 3.30. The number of carbonyl (C=O) groups excluding carboxylic acids is 3. The van der Waals surface area contributed by atoms with E-state index in [-0.39, 0.29) is 17.4 Å². The number of carbonyl (C=O) groups is 3. The maximum absolute atomic E-state index is 12.5. The molecule has 1 heterocycles. The number of nitrogens with one attached hydrogen (secondary N) is 2. The average Bonchev–Trinajstić information content (AvgIpc) is 2.98. The molecule has 25 heavy (non-hydrogen) atoms. The molecule has 7 nitrogen and oxygen atoms in total. The summed E-state index contributed by atoms with van der Waals surface area (Å²) < 4.78 is 5.96. The second kappa shape index (κ2) is 8.21. The van der Waals surface area contributed by atoms with E-state index in [9.17, 15) is 14.4 Å². The molecule has 0 unspecified atom stereocenters. The Kier molecular flexibility index (Phi) is 6.27. The molecule has 1 aromatic carbocycles. The summed E-state index contributed by atoms with van der Waals surface area (Å²) in [5, 5.41) is 7.05. The molecule has 1 aromatic heterocycles. The first-order valence-electron chi connectivity index (χ1n) is 7.34. The fourth-order valence-electron chi connectivity index (χ4n) is 2.00. The predicted molar refractivity (Wildman–Crippen MR) is 99.7 cm³/mol. The summed E-state index contributed by atoms with van der Waals surface area (Å²) in [6.45, 7) is 5.05. The van der Waals surface area contributed by atoms with E-state index in [1.165, 1.54) is 19.2 Å². The van der Waals surface area contributed by atoms with Crippen LogP contribution >= 0.6 is 27.3 Å². The second-order valence-electron chi connectivity index (χ2n) is 4.96. The Morgan fingerprint density at radius 2 is 1.96 bits per heavy atom. The molecule has 0 aliphatic heterocycles. The molecule has 9 heteroatoms. The highest BCUT2D eigenvalue weighted by atomic mass is 79.9. The van der Waals surface area contributed by atoms with Crippen molar-refractivity contribution in [2.45, 2.75) is 20.8 Å². The Labute approximate surface area is 156 Å². The minimum Gasteiger partial charge on any atom is -0.493 e. The number of ketones is 1. The van der Waals surface area contributed by atoms with Crippen LogP contribution < -0.4 is 15.4 Å². The van der Waals surface area contributed by atoms with Crippen molar-refractivity contribution < 1.29 is 19.1 Å². The zero-order valence-corrected chi connectivity index (χ0v) is 16.2. The van der Waals surface area contributed by atoms with Gasteiger partial charge in [-0.1, -0.05) is 0 Å². The molecule has 0 atom stereocenters. The Morgan fingerprint density at radius 3 is 2.56 bits per heavy atom. The molecular weight excluding hydrogens is 410 g/mol. The minimum atomic E-state index is -0.496. The fraction of sp³-hybridized carbons (Fsp3) is 0.250. The molecule has 0 bridgehead atoms. The lowest BCUT2D eigenvalue weighted by atomic mass is 10.1. The number of Topliss-reactive ketones (excluding diaryl/α,β-unsaturated/α-hetero) is 1. The summed E-state index contributed by atoms with van der Waals surface area (Å²) in [6.07, 6.45) is 0. The van der Waals surface area contributed by atoms with Gasteiger partial charge in [0.2, 0.25) is 5.91 Å². The van der Waals surface area contributed by atoms with Crippen molar-refractivity contribution in [1.82, 2.24) is 4.98 Å². The Hall–Kier alpha value is -2.26. The third-order valence-electron chi connectivity index (χ3n) is 3.04. The third kappa shape index (κ3) is 4.64. The minimum absolute atomic E-state index is 0.136. The molecule has 0 aliphatic carbocycles. The molecule has 0 fully saturated rings. The van der Waals surface area contributed by atoms with E-state index < -0.39 is 5.91 Å². The highest BCUT2D eigenvalue weighted by Crippen LogP contribution is 2.36. The second-order valence-corrected chi connectivity index (χ2v) is 6.61. The largest absolute Gasteiger partial charge is 0.493 e. The van der Waals surface area contributed by atoms with Crippen LogP contribution in [0.2, 0.25) is 0 Å². The van der Waals surface area contributed by atoms with Gasteiger partial charge in [0, 0.05) is 17.9 Å². The van der Waals surface area contributed by atoms with Crippen molar-refractivity contribution in [3.8, 4) is 5.75 Å². The number of halogens is 1. The summed E-state index contributed by atoms with van der Waals surface area (Å²) in [5.74, 6) is -0.451. The van der Waals surface area contributed by atoms with Crippen molar-refractivity contribution in [1.29, 1.82) is 0 Å². The van der Waals surface area contributed by atoms with E-state index in [1.54, 1.807) is 12.1 Å². The van der Waals surface area contributed by atoms with Gasteiger partial charge in [-0.05, 0) is 41.9 Å². The molecule has 2 rings (SSSR count). The first-order chi connectivity index (χ1) is 11.8. The number of rotatable bonds is 6. The molecule has 0 saturated heterocycles. The highest BCUT2D eigenvalue weighted by Gasteiger charge is 2.19. The molecule has 0 aliphatic rings. The number of ether oxygens (including phenoxy) is 1. The molecule has 2 N–H and O–H groups in total. The van der Waals surface area contributed by atoms with E-state index in [4.69, 9.17) is 4.74 Å². The van der Waals surface area contributed by atoms with Gasteiger partial charge in [-0.15, -0.1) is 11.3 Å². The summed E-state index contributed by atoms with van der Waals surface area (Å²) in [7, 11) is 0. The summed E-state index contributed by atoms with van der Waals surface area (Å²) >= 11 is 4.51. The van der Waals surface area contributed by atoms with Gasteiger partial charge in [0.05, 0.1) is 16.8 Å². The highest BCUT2D eigenvalue weighted by molar-refractivity contribution is 9.10. The van der Waals surface area contributed by atoms with Gasteiger partial charge in [-0.25, -0.2) is 4.98 Å². The van der Waals surface area contributed by atoms with Crippen molar-refractivity contribution in [2.75, 3.05) is 17.2 Å². The van der Waals surface area contributed by atoms with Gasteiger partial charge in [0.15, 0.2) is 10.9 Å². The number of thiazole rings is 1. The van der Waals surface area contributed by atoms with Crippen LogP contribution in [0.4, 0.5) is 10.8 Å². The zero-order chi connectivity index (χ0) is 18.6. The van der Waals surface area contributed by atoms with E-state index in [1.807, 2.05) is 6.92 Å². The number of anilines is 2. The molecule has 2 amide bonds. The smallest absolute Gasteiger partial charge is 0.275 e. The number of aromatic nitrogens is 1. The van der Waals surface area contributed by atoms with Crippen LogP contribution in [-0.2, 0) is 4.79 Å². The monoisotopic (exact) mass is 425 g/mol. The first kappa shape index (κ1) is 19.1. The van der Waals surface area contributed by atoms with Crippen molar-refractivity contribution in [2.24, 2.45) is 0 Å². The van der Waals surface area contributed by atoms with Crippen LogP contribution in [-0.4, -0.2) is 29.2 Å². The summed E-state index contributed by atoms with van der Waals surface area (Å²) in [4.78, 5) is 39.4. The summed E-state index contributed by atoms with van der Waals surface area (Å²) in [6, 6.07) is 3.26. The van der Waals surface area contributed by atoms with E-state index in [0.717, 1.165) is 11.3 Å². The molecule has 0 spiro atoms. The van der Waals surface area contributed by atoms with Gasteiger partial charge >= 0.3 is 0 Å². The van der Waals surface area contributed by atoms with Crippen LogP contribution in [0.3, 0.4) is 0 Å². The average molecular weight is 426 g/mol. The predicted octanol–water partition coefficient (Wildman–Crippen LogP) is 3.72. The lowest BCUT2D eigenvalue weighted by molar-refractivity contribution is -0.114. The maximum atomic E-state index is 12.5. The van der Waals surface area contributed by atoms with Crippen molar-refractivity contribution >= 4 is 55.7 Å². The molecule has 132 valence electrons. The number of nitrogens with zero attached hydrogens (tertiary/aromatic N) is 1. The van der Waals surface area contributed by atoms with E-state index >= 15 is 0 Å². The van der Waals surface area contributed by atoms with Crippen LogP contribution in [0.15, 0.2) is 22.0 Å². The molecular formula is C16H16BrN3O4S. The number of hydrogen-bond donors (Lipinski definition) is 2. The van der Waals surface area contributed by atoms with Crippen molar-refractivity contribution in [3.63, 3.8) is 0 Å². The SMILES string of the molecule is CCOc1ccc(C(C)=O)c(NC(=O)c2csc(NC(C)=O)n2)c1Br. The number of hydrogen-bond acceptors (Lipinski definition) is 6. The van der Waals surface area contributed by atoms with E-state index in [0.29, 0.717) is 33.2 Å². The number of benzene rings is 1. The standard InChI is InChI=1S/C16H16BrN3O4S/c1-4-24-12-6-5-10(8(2)21)14(13(12)17)20-15(23)11-7-25-16(19-11)18-9(3)22/h5-7H,4H2,1-3H3,(H,20,23)(H,18,19,22). The van der Waals surface area contributed by atoms with Crippen LogP contribution in [0, 0.1) is 0 Å². The molecule has 0 radical (unpaired) electrons. The van der Waals surface area contributed by atoms with Gasteiger partial charge < -0.3 is 15.4 Å². The Balaban J connectivity index is 2.32. The molecule has 0 saturated carbocycles. The Morgan fingerprint density at radius 1 is 1.24 bits per heavy atom. The van der Waals surface area contributed by atoms with Crippen molar-refractivity contribution in [3.05, 3.63) is 33.2 Å². The van der Waals surface area contributed by atoms with Crippen LogP contribution in [0.1, 0.15) is 41.6 Å². The van der Waals surface area contributed by atoms with Gasteiger partial charge in [-0.3, -0.25) is 14.4 Å². The summed E-state index contributed by atoms with van der Waals surface area (Å²) in [5.41, 5.74) is 0.801. The zero-order valence-electron chi connectivity index (χ0n) is 13.8. The maximum Gasteiger partial charge on any atom is 0.275 e. The lowest BCUT2D eigenvalue weighted by Gasteiger charge is -2.14. The normalized spacial score (nSPS) is 10.2.